The molecule has 1 aliphatic carbocycles. The maximum absolute atomic E-state index is 12.0. The SMILES string of the molecule is CCC(CNC(=O)NC1CCC(O)CC1)Oc1ccccc1Cl. The number of hydrogen-bond donors (Lipinski definition) is 3. The van der Waals surface area contributed by atoms with Crippen LogP contribution in [0.5, 0.6) is 5.75 Å². The molecule has 1 unspecified atom stereocenters. The summed E-state index contributed by atoms with van der Waals surface area (Å²) in [5.74, 6) is 0.629. The first-order valence-corrected chi connectivity index (χ1v) is 8.60. The fourth-order valence-corrected chi connectivity index (χ4v) is 2.83. The molecule has 2 rings (SSSR count). The molecule has 128 valence electrons. The van der Waals surface area contributed by atoms with Crippen molar-refractivity contribution in [2.24, 2.45) is 0 Å². The average molecular weight is 341 g/mol. The molecule has 1 aromatic rings. The van der Waals surface area contributed by atoms with Gasteiger partial charge in [0.2, 0.25) is 0 Å². The van der Waals surface area contributed by atoms with E-state index in [-0.39, 0.29) is 24.3 Å². The summed E-state index contributed by atoms with van der Waals surface area (Å²) in [5, 5.41) is 15.8. The highest BCUT2D eigenvalue weighted by molar-refractivity contribution is 6.32. The molecule has 1 fully saturated rings. The van der Waals surface area contributed by atoms with Gasteiger partial charge in [0.15, 0.2) is 0 Å². The van der Waals surface area contributed by atoms with Gasteiger partial charge in [-0.1, -0.05) is 30.7 Å². The van der Waals surface area contributed by atoms with Crippen LogP contribution in [0.1, 0.15) is 39.0 Å². The summed E-state index contributed by atoms with van der Waals surface area (Å²) < 4.78 is 5.84. The van der Waals surface area contributed by atoms with Crippen LogP contribution in [-0.2, 0) is 0 Å². The lowest BCUT2D eigenvalue weighted by Gasteiger charge is -2.26. The largest absolute Gasteiger partial charge is 0.487 e. The van der Waals surface area contributed by atoms with Crippen LogP contribution in [0.15, 0.2) is 24.3 Å². The Bertz CT molecular complexity index is 504. The predicted octanol–water partition coefficient (Wildman–Crippen LogP) is 3.10. The molecule has 6 heteroatoms. The first-order chi connectivity index (χ1) is 11.1. The van der Waals surface area contributed by atoms with Crippen LogP contribution in [0.4, 0.5) is 4.79 Å². The Hall–Kier alpha value is -1.46. The Balaban J connectivity index is 1.74. The van der Waals surface area contributed by atoms with Crippen molar-refractivity contribution in [1.29, 1.82) is 0 Å². The van der Waals surface area contributed by atoms with Crippen LogP contribution < -0.4 is 15.4 Å². The topological polar surface area (TPSA) is 70.6 Å². The third-order valence-electron chi connectivity index (χ3n) is 4.11. The summed E-state index contributed by atoms with van der Waals surface area (Å²) in [6, 6.07) is 7.27. The quantitative estimate of drug-likeness (QED) is 0.745. The standard InChI is InChI=1S/C17H25ClN2O3/c1-2-14(23-16-6-4-3-5-15(16)18)11-19-17(22)20-12-7-9-13(21)10-8-12/h3-6,12-14,21H,2,7-11H2,1H3,(H2,19,20,22). The van der Waals surface area contributed by atoms with Gasteiger partial charge in [-0.15, -0.1) is 0 Å². The first-order valence-electron chi connectivity index (χ1n) is 8.22. The number of carbonyl (C=O) groups is 1. The van der Waals surface area contributed by atoms with Crippen LogP contribution >= 0.6 is 11.6 Å². The summed E-state index contributed by atoms with van der Waals surface area (Å²) in [5.41, 5.74) is 0. The minimum absolute atomic E-state index is 0.131. The van der Waals surface area contributed by atoms with E-state index in [1.807, 2.05) is 25.1 Å². The minimum atomic E-state index is -0.218. The second-order valence-corrected chi connectivity index (χ2v) is 6.35. The van der Waals surface area contributed by atoms with Crippen molar-refractivity contribution in [1.82, 2.24) is 10.6 Å². The molecule has 0 bridgehead atoms. The van der Waals surface area contributed by atoms with Gasteiger partial charge < -0.3 is 20.5 Å². The number of halogens is 1. The highest BCUT2D eigenvalue weighted by Gasteiger charge is 2.21. The number of carbonyl (C=O) groups excluding carboxylic acids is 1. The van der Waals surface area contributed by atoms with Crippen LogP contribution in [0, 0.1) is 0 Å². The fourth-order valence-electron chi connectivity index (χ4n) is 2.65. The van der Waals surface area contributed by atoms with Crippen LogP contribution in [-0.4, -0.2) is 35.9 Å². The van der Waals surface area contributed by atoms with E-state index < -0.39 is 0 Å². The molecule has 3 N–H and O–H groups in total. The van der Waals surface area contributed by atoms with Gasteiger partial charge in [0.05, 0.1) is 17.7 Å². The van der Waals surface area contributed by atoms with Crippen LogP contribution in [0.3, 0.4) is 0 Å². The van der Waals surface area contributed by atoms with Gasteiger partial charge in [0.1, 0.15) is 11.9 Å². The zero-order chi connectivity index (χ0) is 16.7. The predicted molar refractivity (Wildman–Crippen MR) is 91.0 cm³/mol. The Morgan fingerprint density at radius 3 is 2.70 bits per heavy atom. The summed E-state index contributed by atoms with van der Waals surface area (Å²) in [7, 11) is 0. The molecular formula is C17H25ClN2O3. The van der Waals surface area contributed by atoms with Crippen molar-refractivity contribution in [3.63, 3.8) is 0 Å². The van der Waals surface area contributed by atoms with Crippen molar-refractivity contribution in [2.75, 3.05) is 6.54 Å². The number of benzene rings is 1. The third-order valence-corrected chi connectivity index (χ3v) is 4.42. The van der Waals surface area contributed by atoms with E-state index in [0.29, 0.717) is 17.3 Å². The summed E-state index contributed by atoms with van der Waals surface area (Å²) >= 11 is 6.08. The monoisotopic (exact) mass is 340 g/mol. The maximum atomic E-state index is 12.0. The lowest BCUT2D eigenvalue weighted by atomic mass is 9.93. The minimum Gasteiger partial charge on any atom is -0.487 e. The Kier molecular flexibility index (Phi) is 6.99. The second-order valence-electron chi connectivity index (χ2n) is 5.94. The van der Waals surface area contributed by atoms with Gasteiger partial charge in [-0.25, -0.2) is 4.79 Å². The second kappa shape index (κ2) is 8.99. The molecule has 5 nitrogen and oxygen atoms in total. The molecule has 0 aromatic heterocycles. The summed E-state index contributed by atoms with van der Waals surface area (Å²) in [6.45, 7) is 2.42. The summed E-state index contributed by atoms with van der Waals surface area (Å²) in [6.07, 6.45) is 3.56. The highest BCUT2D eigenvalue weighted by atomic mass is 35.5. The Morgan fingerprint density at radius 2 is 2.04 bits per heavy atom. The molecule has 0 heterocycles. The summed E-state index contributed by atoms with van der Waals surface area (Å²) in [4.78, 5) is 12.0. The molecule has 1 aliphatic rings. The average Bonchev–Trinajstić information content (AvgIpc) is 2.55. The molecule has 1 saturated carbocycles. The molecule has 0 spiro atoms. The number of amides is 2. The van der Waals surface area contributed by atoms with E-state index in [9.17, 15) is 9.90 Å². The third kappa shape index (κ3) is 5.92. The number of aliphatic hydroxyl groups excluding tert-OH is 1. The number of urea groups is 1. The number of aliphatic hydroxyl groups is 1. The lowest BCUT2D eigenvalue weighted by Crippen LogP contribution is -2.46. The van der Waals surface area contributed by atoms with E-state index in [4.69, 9.17) is 16.3 Å². The number of ether oxygens (including phenoxy) is 1. The van der Waals surface area contributed by atoms with E-state index in [1.165, 1.54) is 0 Å². The van der Waals surface area contributed by atoms with Crippen molar-refractivity contribution >= 4 is 17.6 Å². The van der Waals surface area contributed by atoms with Crippen molar-refractivity contribution in [3.8, 4) is 5.75 Å². The van der Waals surface area contributed by atoms with Crippen molar-refractivity contribution in [3.05, 3.63) is 29.3 Å². The fraction of sp³-hybridized carbons (Fsp3) is 0.588. The Labute approximate surface area is 142 Å². The maximum Gasteiger partial charge on any atom is 0.315 e. The molecular weight excluding hydrogens is 316 g/mol. The number of nitrogens with one attached hydrogen (secondary N) is 2. The lowest BCUT2D eigenvalue weighted by molar-refractivity contribution is 0.117. The zero-order valence-electron chi connectivity index (χ0n) is 13.4. The van der Waals surface area contributed by atoms with Crippen LogP contribution in [0.2, 0.25) is 5.02 Å². The molecule has 1 aromatic carbocycles. The molecule has 1 atom stereocenters. The van der Waals surface area contributed by atoms with E-state index >= 15 is 0 Å². The number of para-hydroxylation sites is 1. The molecule has 0 saturated heterocycles. The normalized spacial score (nSPS) is 22.2. The van der Waals surface area contributed by atoms with Gasteiger partial charge in [-0.2, -0.15) is 0 Å². The molecule has 23 heavy (non-hydrogen) atoms. The molecule has 0 radical (unpaired) electrons. The molecule has 2 amide bonds. The smallest absolute Gasteiger partial charge is 0.315 e. The highest BCUT2D eigenvalue weighted by Crippen LogP contribution is 2.24. The van der Waals surface area contributed by atoms with Crippen molar-refractivity contribution < 1.29 is 14.6 Å². The van der Waals surface area contributed by atoms with E-state index in [1.54, 1.807) is 6.07 Å². The van der Waals surface area contributed by atoms with Gasteiger partial charge >= 0.3 is 6.03 Å². The van der Waals surface area contributed by atoms with Gasteiger partial charge in [-0.3, -0.25) is 0 Å². The molecule has 0 aliphatic heterocycles. The number of hydrogen-bond acceptors (Lipinski definition) is 3. The van der Waals surface area contributed by atoms with Gasteiger partial charge in [0, 0.05) is 6.04 Å². The van der Waals surface area contributed by atoms with Gasteiger partial charge in [-0.05, 0) is 44.2 Å². The van der Waals surface area contributed by atoms with Crippen molar-refractivity contribution in [2.45, 2.75) is 57.3 Å². The Morgan fingerprint density at radius 1 is 1.35 bits per heavy atom. The first kappa shape index (κ1) is 17.9. The van der Waals surface area contributed by atoms with E-state index in [0.717, 1.165) is 32.1 Å². The van der Waals surface area contributed by atoms with E-state index in [2.05, 4.69) is 10.6 Å². The van der Waals surface area contributed by atoms with Gasteiger partial charge in [0.25, 0.3) is 0 Å². The zero-order valence-corrected chi connectivity index (χ0v) is 14.2. The number of rotatable bonds is 6. The van der Waals surface area contributed by atoms with Crippen LogP contribution in [0.25, 0.3) is 0 Å².